The third kappa shape index (κ3) is 5.06. The van der Waals surface area contributed by atoms with E-state index in [1.807, 2.05) is 25.2 Å². The molecule has 0 bridgehead atoms. The Kier molecular flexibility index (Phi) is 6.29. The molecule has 0 unspecified atom stereocenters. The normalized spacial score (nSPS) is 16.2. The summed E-state index contributed by atoms with van der Waals surface area (Å²) < 4.78 is 16.4. The first-order chi connectivity index (χ1) is 14.2. The molecule has 29 heavy (non-hydrogen) atoms. The second-order valence-corrected chi connectivity index (χ2v) is 7.64. The highest BCUT2D eigenvalue weighted by atomic mass is 16.7. The lowest BCUT2D eigenvalue weighted by atomic mass is 10.1. The summed E-state index contributed by atoms with van der Waals surface area (Å²) in [5, 5.41) is 8.17. The second-order valence-electron chi connectivity index (χ2n) is 7.64. The van der Waals surface area contributed by atoms with E-state index >= 15 is 0 Å². The number of fused-ring (bicyclic) bond motifs is 1. The summed E-state index contributed by atoms with van der Waals surface area (Å²) in [7, 11) is 1.87. The maximum absolute atomic E-state index is 12.4. The lowest BCUT2D eigenvalue weighted by Gasteiger charge is -2.27. The first-order valence-corrected chi connectivity index (χ1v) is 10.4. The fourth-order valence-electron chi connectivity index (χ4n) is 3.74. The first kappa shape index (κ1) is 19.7. The van der Waals surface area contributed by atoms with E-state index in [0.29, 0.717) is 36.1 Å². The highest BCUT2D eigenvalue weighted by Crippen LogP contribution is 2.35. The van der Waals surface area contributed by atoms with Crippen LogP contribution in [0.1, 0.15) is 38.0 Å². The third-order valence-corrected chi connectivity index (χ3v) is 5.48. The van der Waals surface area contributed by atoms with Gasteiger partial charge in [-0.05, 0) is 57.1 Å². The maximum Gasteiger partial charge on any atom is 0.247 e. The number of rotatable bonds is 8. The number of ether oxygens (including phenoxy) is 2. The molecule has 2 aliphatic heterocycles. The number of nitrogens with zero attached hydrogens (tertiary/aromatic N) is 4. The summed E-state index contributed by atoms with van der Waals surface area (Å²) in [6.45, 7) is 4.46. The van der Waals surface area contributed by atoms with Crippen LogP contribution in [0.3, 0.4) is 0 Å². The van der Waals surface area contributed by atoms with Gasteiger partial charge in [-0.15, -0.1) is 10.2 Å². The van der Waals surface area contributed by atoms with Crippen LogP contribution in [0.15, 0.2) is 22.6 Å². The van der Waals surface area contributed by atoms with Crippen molar-refractivity contribution in [1.29, 1.82) is 0 Å². The van der Waals surface area contributed by atoms with E-state index in [2.05, 4.69) is 15.1 Å². The van der Waals surface area contributed by atoms with Crippen LogP contribution in [0, 0.1) is 0 Å². The average molecular weight is 400 g/mol. The van der Waals surface area contributed by atoms with Crippen molar-refractivity contribution in [2.75, 3.05) is 40.0 Å². The van der Waals surface area contributed by atoms with Crippen molar-refractivity contribution in [3.63, 3.8) is 0 Å². The fraction of sp³-hybridized carbons (Fsp3) is 0.571. The molecule has 8 nitrogen and oxygen atoms in total. The van der Waals surface area contributed by atoms with Gasteiger partial charge >= 0.3 is 0 Å². The summed E-state index contributed by atoms with van der Waals surface area (Å²) >= 11 is 0. The molecular weight excluding hydrogens is 372 g/mol. The molecule has 8 heteroatoms. The monoisotopic (exact) mass is 400 g/mol. The minimum absolute atomic E-state index is 0.103. The van der Waals surface area contributed by atoms with E-state index in [1.54, 1.807) is 4.90 Å². The number of aryl methyl sites for hydroxylation is 1. The highest BCUT2D eigenvalue weighted by Gasteiger charge is 2.18. The van der Waals surface area contributed by atoms with Crippen molar-refractivity contribution in [1.82, 2.24) is 20.0 Å². The van der Waals surface area contributed by atoms with Gasteiger partial charge in [-0.3, -0.25) is 4.79 Å². The number of carbonyl (C=O) groups excluding carboxylic acids is 1. The Morgan fingerprint density at radius 2 is 1.97 bits per heavy atom. The minimum atomic E-state index is 0.103. The Labute approximate surface area is 170 Å². The number of hydrogen-bond donors (Lipinski definition) is 0. The van der Waals surface area contributed by atoms with Crippen molar-refractivity contribution in [2.24, 2.45) is 0 Å². The van der Waals surface area contributed by atoms with Gasteiger partial charge < -0.3 is 23.7 Å². The molecule has 0 N–H and O–H groups in total. The molecule has 0 aliphatic carbocycles. The number of aromatic nitrogens is 2. The van der Waals surface area contributed by atoms with Crippen molar-refractivity contribution >= 4 is 5.91 Å². The van der Waals surface area contributed by atoms with Gasteiger partial charge in [0.15, 0.2) is 11.5 Å². The van der Waals surface area contributed by atoms with E-state index in [1.165, 1.54) is 32.4 Å². The van der Waals surface area contributed by atoms with E-state index in [9.17, 15) is 4.79 Å². The number of carbonyl (C=O) groups is 1. The molecule has 1 fully saturated rings. The smallest absolute Gasteiger partial charge is 0.247 e. The van der Waals surface area contributed by atoms with Crippen LogP contribution in [0.2, 0.25) is 0 Å². The summed E-state index contributed by atoms with van der Waals surface area (Å²) in [4.78, 5) is 16.7. The summed E-state index contributed by atoms with van der Waals surface area (Å²) in [6, 6.07) is 5.50. The summed E-state index contributed by atoms with van der Waals surface area (Å²) in [5.74, 6) is 2.37. The quantitative estimate of drug-likeness (QED) is 0.674. The molecule has 2 aliphatic rings. The van der Waals surface area contributed by atoms with E-state index in [0.717, 1.165) is 25.1 Å². The van der Waals surface area contributed by atoms with Crippen molar-refractivity contribution in [2.45, 2.75) is 38.5 Å². The number of piperidine rings is 1. The van der Waals surface area contributed by atoms with E-state index < -0.39 is 0 Å². The summed E-state index contributed by atoms with van der Waals surface area (Å²) in [6.07, 6.45) is 5.76. The highest BCUT2D eigenvalue weighted by molar-refractivity contribution is 5.76. The van der Waals surface area contributed by atoms with Gasteiger partial charge in [0.25, 0.3) is 0 Å². The average Bonchev–Trinajstić information content (AvgIpc) is 3.41. The molecule has 1 aromatic heterocycles. The molecule has 1 saturated heterocycles. The zero-order valence-corrected chi connectivity index (χ0v) is 16.9. The molecule has 4 rings (SSSR count). The van der Waals surface area contributed by atoms with Crippen LogP contribution >= 0.6 is 0 Å². The molecule has 1 aromatic carbocycles. The van der Waals surface area contributed by atoms with Gasteiger partial charge in [0.1, 0.15) is 0 Å². The Morgan fingerprint density at radius 3 is 2.83 bits per heavy atom. The molecule has 3 heterocycles. The number of hydrogen-bond acceptors (Lipinski definition) is 7. The lowest BCUT2D eigenvalue weighted by molar-refractivity contribution is -0.130. The van der Waals surface area contributed by atoms with Crippen LogP contribution in [0.4, 0.5) is 0 Å². The molecule has 0 spiro atoms. The Bertz CT molecular complexity index is 832. The van der Waals surface area contributed by atoms with Crippen molar-refractivity contribution < 1.29 is 18.7 Å². The van der Waals surface area contributed by atoms with E-state index in [-0.39, 0.29) is 12.7 Å². The Morgan fingerprint density at radius 1 is 1.14 bits per heavy atom. The Hall–Kier alpha value is -2.61. The van der Waals surface area contributed by atoms with Gasteiger partial charge in [-0.25, -0.2) is 0 Å². The predicted molar refractivity (Wildman–Crippen MR) is 107 cm³/mol. The van der Waals surface area contributed by atoms with Crippen LogP contribution in [0.25, 0.3) is 11.5 Å². The van der Waals surface area contributed by atoms with Crippen LogP contribution in [-0.4, -0.2) is 65.9 Å². The number of likely N-dealkylation sites (tertiary alicyclic amines) is 1. The van der Waals surface area contributed by atoms with Gasteiger partial charge in [0, 0.05) is 32.0 Å². The second kappa shape index (κ2) is 9.26. The molecule has 156 valence electrons. The topological polar surface area (TPSA) is 80.9 Å². The number of benzene rings is 1. The minimum Gasteiger partial charge on any atom is -0.454 e. The predicted octanol–water partition coefficient (Wildman–Crippen LogP) is 2.73. The van der Waals surface area contributed by atoms with Gasteiger partial charge in [0.05, 0.1) is 0 Å². The van der Waals surface area contributed by atoms with Crippen LogP contribution in [-0.2, 0) is 11.2 Å². The van der Waals surface area contributed by atoms with Crippen molar-refractivity contribution in [3.05, 3.63) is 24.1 Å². The Balaban J connectivity index is 1.22. The molecule has 0 saturated carbocycles. The molecule has 0 radical (unpaired) electrons. The maximum atomic E-state index is 12.4. The zero-order chi connectivity index (χ0) is 20.1. The van der Waals surface area contributed by atoms with Crippen LogP contribution < -0.4 is 9.47 Å². The SMILES string of the molecule is CN(CCCN1CCCCC1)C(=O)CCc1nnc(-c2ccc3c(c2)OCO3)o1. The van der Waals surface area contributed by atoms with Gasteiger partial charge in [-0.2, -0.15) is 0 Å². The van der Waals surface area contributed by atoms with Gasteiger partial charge in [0.2, 0.25) is 24.5 Å². The standard InChI is InChI=1S/C21H28N4O4/c1-24(10-5-13-25-11-3-2-4-12-25)20(26)9-8-19-22-23-21(29-19)16-6-7-17-18(14-16)28-15-27-17/h6-7,14H,2-5,8-13,15H2,1H3. The molecule has 0 atom stereocenters. The number of amides is 1. The largest absolute Gasteiger partial charge is 0.454 e. The first-order valence-electron chi connectivity index (χ1n) is 10.4. The third-order valence-electron chi connectivity index (χ3n) is 5.48. The fourth-order valence-corrected chi connectivity index (χ4v) is 3.74. The molecule has 1 amide bonds. The van der Waals surface area contributed by atoms with Crippen molar-refractivity contribution in [3.8, 4) is 23.0 Å². The van der Waals surface area contributed by atoms with Gasteiger partial charge in [-0.1, -0.05) is 6.42 Å². The molecular formula is C21H28N4O4. The van der Waals surface area contributed by atoms with E-state index in [4.69, 9.17) is 13.9 Å². The van der Waals surface area contributed by atoms with Crippen LogP contribution in [0.5, 0.6) is 11.5 Å². The zero-order valence-electron chi connectivity index (χ0n) is 16.9. The molecule has 2 aromatic rings. The lowest BCUT2D eigenvalue weighted by Crippen LogP contribution is -2.34. The summed E-state index contributed by atoms with van der Waals surface area (Å²) in [5.41, 5.74) is 0.772.